The predicted octanol–water partition coefficient (Wildman–Crippen LogP) is 4.47. The van der Waals surface area contributed by atoms with Crippen LogP contribution in [0.5, 0.6) is 0 Å². The second kappa shape index (κ2) is 11.8. The van der Waals surface area contributed by atoms with Crippen molar-refractivity contribution >= 4 is 29.5 Å². The largest absolute Gasteiger partial charge is 0.455 e. The lowest BCUT2D eigenvalue weighted by Crippen LogP contribution is -2.45. The van der Waals surface area contributed by atoms with Gasteiger partial charge in [-0.25, -0.2) is 4.79 Å². The van der Waals surface area contributed by atoms with Gasteiger partial charge in [-0.3, -0.25) is 4.79 Å². The van der Waals surface area contributed by atoms with E-state index in [1.54, 1.807) is 44.2 Å². The van der Waals surface area contributed by atoms with E-state index >= 15 is 0 Å². The van der Waals surface area contributed by atoms with Gasteiger partial charge in [0.1, 0.15) is 23.4 Å². The summed E-state index contributed by atoms with van der Waals surface area (Å²) in [6, 6.07) is 16.5. The molecule has 8 nitrogen and oxygen atoms in total. The molecule has 0 saturated carbocycles. The van der Waals surface area contributed by atoms with Crippen molar-refractivity contribution in [1.82, 2.24) is 0 Å². The van der Waals surface area contributed by atoms with Crippen molar-refractivity contribution in [2.45, 2.75) is 81.1 Å². The molecule has 0 aromatic heterocycles. The Hall–Kier alpha value is -2.72. The third kappa shape index (κ3) is 7.19. The highest BCUT2D eigenvalue weighted by atomic mass is 32.2. The van der Waals surface area contributed by atoms with Crippen LogP contribution in [0, 0.1) is 6.92 Å². The highest BCUT2D eigenvalue weighted by molar-refractivity contribution is 7.99. The maximum atomic E-state index is 13.1. The zero-order chi connectivity index (χ0) is 26.6. The molecule has 2 aromatic carbocycles. The van der Waals surface area contributed by atoms with Crippen LogP contribution in [0.3, 0.4) is 0 Å². The molecular weight excluding hydrogens is 496 g/mol. The van der Waals surface area contributed by atoms with Crippen LogP contribution >= 0.6 is 11.8 Å². The molecule has 2 fully saturated rings. The minimum atomic E-state index is -0.961. The number of rotatable bonds is 9. The van der Waals surface area contributed by atoms with Gasteiger partial charge in [0.05, 0.1) is 18.6 Å². The van der Waals surface area contributed by atoms with E-state index in [4.69, 9.17) is 23.7 Å². The Morgan fingerprint density at radius 3 is 2.30 bits per heavy atom. The summed E-state index contributed by atoms with van der Waals surface area (Å²) in [6.07, 6.45) is -3.22. The molecular formula is C28H32O8S. The highest BCUT2D eigenvalue weighted by Gasteiger charge is 2.55. The van der Waals surface area contributed by atoms with Gasteiger partial charge in [0.2, 0.25) is 0 Å². The van der Waals surface area contributed by atoms with Gasteiger partial charge < -0.3 is 28.5 Å². The molecule has 0 unspecified atom stereocenters. The smallest absolute Gasteiger partial charge is 0.338 e. The molecule has 2 heterocycles. The number of carbonyl (C=O) groups excluding carboxylic acids is 3. The number of ether oxygens (including phenoxy) is 5. The molecule has 2 saturated heterocycles. The number of esters is 2. The average molecular weight is 529 g/mol. The summed E-state index contributed by atoms with van der Waals surface area (Å²) < 4.78 is 30.0. The zero-order valence-electron chi connectivity index (χ0n) is 21.4. The molecule has 5 atom stereocenters. The van der Waals surface area contributed by atoms with E-state index < -0.39 is 47.6 Å². The molecule has 37 heavy (non-hydrogen) atoms. The molecule has 4 rings (SSSR count). The first-order valence-corrected chi connectivity index (χ1v) is 13.1. The number of hydrogen-bond acceptors (Lipinski definition) is 9. The van der Waals surface area contributed by atoms with Gasteiger partial charge in [0.25, 0.3) is 0 Å². The number of hydrogen-bond donors (Lipinski definition) is 0. The van der Waals surface area contributed by atoms with Crippen molar-refractivity contribution in [1.29, 1.82) is 0 Å². The van der Waals surface area contributed by atoms with Crippen molar-refractivity contribution in [3.8, 4) is 0 Å². The summed E-state index contributed by atoms with van der Waals surface area (Å²) >= 11 is 1.38. The van der Waals surface area contributed by atoms with Gasteiger partial charge in [0, 0.05) is 11.3 Å². The quantitative estimate of drug-likeness (QED) is 0.437. The van der Waals surface area contributed by atoms with Crippen molar-refractivity contribution < 1.29 is 38.1 Å². The van der Waals surface area contributed by atoms with E-state index in [1.165, 1.54) is 18.7 Å². The Morgan fingerprint density at radius 2 is 1.68 bits per heavy atom. The number of ketones is 1. The first kappa shape index (κ1) is 27.3. The second-order valence-electron chi connectivity index (χ2n) is 9.66. The maximum Gasteiger partial charge on any atom is 0.338 e. The van der Waals surface area contributed by atoms with Crippen LogP contribution in [0.4, 0.5) is 0 Å². The van der Waals surface area contributed by atoms with E-state index in [0.717, 1.165) is 10.5 Å². The fourth-order valence-corrected chi connectivity index (χ4v) is 5.28. The summed E-state index contributed by atoms with van der Waals surface area (Å²) in [7, 11) is 0. The van der Waals surface area contributed by atoms with Crippen LogP contribution in [-0.2, 0) is 33.3 Å². The molecule has 0 N–H and O–H groups in total. The van der Waals surface area contributed by atoms with E-state index in [0.29, 0.717) is 5.56 Å². The van der Waals surface area contributed by atoms with Crippen LogP contribution in [0.1, 0.15) is 49.5 Å². The SMILES string of the molecule is CC(=O)CCC(=O)O[C@H]1[C@H]([C@H]2COC(C)(C)O2)O[C@@H](Sc2ccc(C)cc2)[C@@H]1OC(=O)c1ccccc1. The molecule has 0 radical (unpaired) electrons. The summed E-state index contributed by atoms with van der Waals surface area (Å²) in [5.41, 5.74) is 0.796. The second-order valence-corrected chi connectivity index (χ2v) is 10.8. The van der Waals surface area contributed by atoms with Crippen molar-refractivity contribution in [2.24, 2.45) is 0 Å². The topological polar surface area (TPSA) is 97.4 Å². The van der Waals surface area contributed by atoms with E-state index in [9.17, 15) is 14.4 Å². The number of aryl methyl sites for hydroxylation is 1. The Balaban J connectivity index is 1.63. The lowest BCUT2D eigenvalue weighted by atomic mass is 10.1. The minimum absolute atomic E-state index is 0.0587. The summed E-state index contributed by atoms with van der Waals surface area (Å²) in [5.74, 6) is -2.09. The molecule has 9 heteroatoms. The van der Waals surface area contributed by atoms with Gasteiger partial charge in [0.15, 0.2) is 18.0 Å². The van der Waals surface area contributed by atoms with Crippen LogP contribution in [0.25, 0.3) is 0 Å². The number of Topliss-reactive ketones (excluding diaryl/α,β-unsaturated/α-hetero) is 1. The first-order valence-electron chi connectivity index (χ1n) is 12.3. The third-order valence-electron chi connectivity index (χ3n) is 6.08. The van der Waals surface area contributed by atoms with Crippen LogP contribution in [0.15, 0.2) is 59.5 Å². The van der Waals surface area contributed by atoms with Gasteiger partial charge in [-0.05, 0) is 52.0 Å². The fourth-order valence-electron chi connectivity index (χ4n) is 4.19. The number of thioether (sulfide) groups is 1. The Kier molecular flexibility index (Phi) is 8.69. The van der Waals surface area contributed by atoms with Gasteiger partial charge in [-0.15, -0.1) is 0 Å². The maximum absolute atomic E-state index is 13.1. The van der Waals surface area contributed by atoms with Crippen LogP contribution < -0.4 is 0 Å². The van der Waals surface area contributed by atoms with Gasteiger partial charge >= 0.3 is 11.9 Å². The molecule has 198 valence electrons. The van der Waals surface area contributed by atoms with Crippen LogP contribution in [-0.4, -0.2) is 60.0 Å². The molecule has 0 aliphatic carbocycles. The number of carbonyl (C=O) groups is 3. The third-order valence-corrected chi connectivity index (χ3v) is 7.23. The van der Waals surface area contributed by atoms with E-state index in [-0.39, 0.29) is 25.2 Å². The van der Waals surface area contributed by atoms with Gasteiger partial charge in [-0.2, -0.15) is 0 Å². The lowest BCUT2D eigenvalue weighted by Gasteiger charge is -2.26. The Morgan fingerprint density at radius 1 is 0.973 bits per heavy atom. The number of benzene rings is 2. The van der Waals surface area contributed by atoms with Crippen molar-refractivity contribution in [3.63, 3.8) is 0 Å². The standard InChI is InChI=1S/C28H32O8S/c1-17-10-13-20(14-11-17)37-27-25(34-26(31)19-8-6-5-7-9-19)24(33-22(30)15-12-18(2)29)23(35-27)21-16-32-28(3,4)36-21/h5-11,13-14,21,23-25,27H,12,15-16H2,1-4H3/t21-,23+,24+,25-,27+/m1/s1. The molecule has 2 aromatic rings. The van der Waals surface area contributed by atoms with E-state index in [2.05, 4.69) is 0 Å². The Labute approximate surface area is 220 Å². The molecule has 0 spiro atoms. The fraction of sp³-hybridized carbons (Fsp3) is 0.464. The van der Waals surface area contributed by atoms with Crippen LogP contribution in [0.2, 0.25) is 0 Å². The monoisotopic (exact) mass is 528 g/mol. The summed E-state index contributed by atoms with van der Waals surface area (Å²) in [5, 5.41) is 0. The molecule has 0 bridgehead atoms. The highest BCUT2D eigenvalue weighted by Crippen LogP contribution is 2.41. The molecule has 2 aliphatic heterocycles. The summed E-state index contributed by atoms with van der Waals surface area (Å²) in [4.78, 5) is 38.2. The first-order chi connectivity index (χ1) is 17.6. The minimum Gasteiger partial charge on any atom is -0.455 e. The molecule has 2 aliphatic rings. The summed E-state index contributed by atoms with van der Waals surface area (Å²) in [6.45, 7) is 7.22. The lowest BCUT2D eigenvalue weighted by molar-refractivity contribution is -0.171. The van der Waals surface area contributed by atoms with Gasteiger partial charge in [-0.1, -0.05) is 47.7 Å². The van der Waals surface area contributed by atoms with E-state index in [1.807, 2.05) is 31.2 Å². The van der Waals surface area contributed by atoms with Crippen molar-refractivity contribution in [3.05, 3.63) is 65.7 Å². The molecule has 0 amide bonds. The normalized spacial score (nSPS) is 26.5. The van der Waals surface area contributed by atoms with Crippen molar-refractivity contribution in [2.75, 3.05) is 6.61 Å². The zero-order valence-corrected chi connectivity index (χ0v) is 22.2. The Bertz CT molecular complexity index is 1100. The average Bonchev–Trinajstić information content (AvgIpc) is 3.39. The predicted molar refractivity (Wildman–Crippen MR) is 136 cm³/mol.